The number of aromatic nitrogens is 1. The van der Waals surface area contributed by atoms with E-state index in [0.29, 0.717) is 32.7 Å². The molecule has 0 spiro atoms. The fourth-order valence-electron chi connectivity index (χ4n) is 3.67. The van der Waals surface area contributed by atoms with Crippen molar-refractivity contribution in [3.63, 3.8) is 0 Å². The summed E-state index contributed by atoms with van der Waals surface area (Å²) in [5, 5.41) is 1.77. The average Bonchev–Trinajstić information content (AvgIpc) is 3.29. The van der Waals surface area contributed by atoms with Crippen molar-refractivity contribution >= 4 is 46.7 Å². The molecule has 0 saturated carbocycles. The third kappa shape index (κ3) is 6.15. The number of methoxy groups -OCH3 is 1. The molecule has 0 aliphatic carbocycles. The maximum absolute atomic E-state index is 14.3. The number of nitrogens with zero attached hydrogens (tertiary/aromatic N) is 2. The second kappa shape index (κ2) is 11.4. The predicted molar refractivity (Wildman–Crippen MR) is 145 cm³/mol. The fraction of sp³-hybridized carbons (Fsp3) is 0.115. The van der Waals surface area contributed by atoms with Gasteiger partial charge in [-0.25, -0.2) is 4.79 Å². The molecular weight excluding hydrogens is 617 g/mol. The zero-order valence-corrected chi connectivity index (χ0v) is 23.4. The molecule has 0 radical (unpaired) electrons. The van der Waals surface area contributed by atoms with Crippen LogP contribution in [0.3, 0.4) is 0 Å². The molecule has 0 saturated heterocycles. The van der Waals surface area contributed by atoms with E-state index in [9.17, 15) is 22.9 Å². The molecule has 202 valence electrons. The molecule has 0 aliphatic heterocycles. The standard InChI is InChI=1S/C26H20BrF2N2O6PS/c1-37-24(33)19-10-8-17(9-11-19)22-15-39-25(30-23(32)18-5-3-2-4-6-18)31(22)14-16-7-12-20(21(27)13-16)26(28,29)38(34,35)36/h2-13,15H,14H2,1H3,(H2,34,35,36)/b30-25-. The summed E-state index contributed by atoms with van der Waals surface area (Å²) in [6, 6.07) is 18.6. The lowest BCUT2D eigenvalue weighted by molar-refractivity contribution is 0.0557. The highest BCUT2D eigenvalue weighted by molar-refractivity contribution is 9.10. The quantitative estimate of drug-likeness (QED) is 0.196. The molecule has 1 heterocycles. The van der Waals surface area contributed by atoms with Gasteiger partial charge in [0.15, 0.2) is 4.80 Å². The molecule has 13 heteroatoms. The largest absolute Gasteiger partial charge is 0.465 e. The fourth-order valence-corrected chi connectivity index (χ4v) is 5.91. The number of alkyl halides is 2. The molecule has 1 amide bonds. The van der Waals surface area contributed by atoms with E-state index in [0.717, 1.165) is 6.07 Å². The number of carbonyl (C=O) groups excluding carboxylic acids is 2. The first-order chi connectivity index (χ1) is 18.4. The molecule has 2 N–H and O–H groups in total. The van der Waals surface area contributed by atoms with Crippen molar-refractivity contribution < 1.29 is 37.5 Å². The highest BCUT2D eigenvalue weighted by Gasteiger charge is 2.51. The SMILES string of the molecule is COC(=O)c1ccc(-c2cs/c(=N\C(=O)c3ccccc3)n2Cc2ccc(C(F)(F)P(=O)(O)O)c(Br)c2)cc1. The lowest BCUT2D eigenvalue weighted by Crippen LogP contribution is -2.19. The lowest BCUT2D eigenvalue weighted by Gasteiger charge is -2.20. The van der Waals surface area contributed by atoms with Crippen LogP contribution in [0.5, 0.6) is 0 Å². The van der Waals surface area contributed by atoms with Gasteiger partial charge < -0.3 is 19.1 Å². The Morgan fingerprint density at radius 3 is 2.31 bits per heavy atom. The van der Waals surface area contributed by atoms with E-state index in [-0.39, 0.29) is 11.0 Å². The van der Waals surface area contributed by atoms with Crippen LogP contribution in [0.25, 0.3) is 11.3 Å². The van der Waals surface area contributed by atoms with Gasteiger partial charge in [0.05, 0.1) is 24.9 Å². The van der Waals surface area contributed by atoms with Crippen LogP contribution in [0, 0.1) is 0 Å². The number of carbonyl (C=O) groups is 2. The Hall–Kier alpha value is -3.28. The third-order valence-corrected chi connectivity index (χ3v) is 8.17. The van der Waals surface area contributed by atoms with Crippen LogP contribution >= 0.6 is 34.9 Å². The summed E-state index contributed by atoms with van der Waals surface area (Å²) in [7, 11) is -4.48. The van der Waals surface area contributed by atoms with Gasteiger partial charge >= 0.3 is 19.2 Å². The number of halogens is 3. The van der Waals surface area contributed by atoms with Crippen LogP contribution in [0.2, 0.25) is 0 Å². The van der Waals surface area contributed by atoms with Crippen LogP contribution in [0.15, 0.2) is 87.6 Å². The van der Waals surface area contributed by atoms with Crippen molar-refractivity contribution in [1.29, 1.82) is 0 Å². The normalized spacial score (nSPS) is 12.4. The van der Waals surface area contributed by atoms with Gasteiger partial charge in [-0.05, 0) is 41.5 Å². The van der Waals surface area contributed by atoms with Gasteiger partial charge in [-0.3, -0.25) is 9.36 Å². The highest BCUT2D eigenvalue weighted by Crippen LogP contribution is 2.60. The maximum atomic E-state index is 14.3. The molecule has 4 rings (SSSR count). The van der Waals surface area contributed by atoms with Crippen molar-refractivity contribution in [1.82, 2.24) is 4.57 Å². The Morgan fingerprint density at radius 2 is 1.72 bits per heavy atom. The summed E-state index contributed by atoms with van der Waals surface area (Å²) in [4.78, 5) is 47.5. The van der Waals surface area contributed by atoms with Crippen LogP contribution in [0.4, 0.5) is 8.78 Å². The molecule has 0 fully saturated rings. The minimum atomic E-state index is -5.76. The van der Waals surface area contributed by atoms with Crippen LogP contribution in [-0.4, -0.2) is 33.3 Å². The number of amides is 1. The van der Waals surface area contributed by atoms with Crippen LogP contribution < -0.4 is 4.80 Å². The number of benzene rings is 3. The van der Waals surface area contributed by atoms with Gasteiger partial charge in [0.1, 0.15) is 0 Å². The monoisotopic (exact) mass is 636 g/mol. The van der Waals surface area contributed by atoms with Crippen molar-refractivity contribution in [3.8, 4) is 11.3 Å². The van der Waals surface area contributed by atoms with E-state index < -0.39 is 30.7 Å². The minimum Gasteiger partial charge on any atom is -0.465 e. The minimum absolute atomic E-state index is 0.0822. The van der Waals surface area contributed by atoms with E-state index in [4.69, 9.17) is 14.5 Å². The first-order valence-electron chi connectivity index (χ1n) is 11.2. The molecule has 8 nitrogen and oxygen atoms in total. The molecule has 39 heavy (non-hydrogen) atoms. The third-order valence-electron chi connectivity index (χ3n) is 5.68. The molecule has 0 atom stereocenters. The summed E-state index contributed by atoms with van der Waals surface area (Å²) < 4.78 is 46.2. The molecular formula is C26H20BrF2N2O6PS. The van der Waals surface area contributed by atoms with Crippen molar-refractivity contribution in [2.45, 2.75) is 12.2 Å². The van der Waals surface area contributed by atoms with Gasteiger partial charge in [-0.1, -0.05) is 58.4 Å². The molecule has 4 aromatic rings. The van der Waals surface area contributed by atoms with E-state index in [1.54, 1.807) is 64.5 Å². The number of hydrogen-bond donors (Lipinski definition) is 2. The predicted octanol–water partition coefficient (Wildman–Crippen LogP) is 5.78. The van der Waals surface area contributed by atoms with E-state index in [1.165, 1.54) is 30.6 Å². The van der Waals surface area contributed by atoms with Crippen molar-refractivity contribution in [3.05, 3.63) is 110 Å². The van der Waals surface area contributed by atoms with Crippen LogP contribution in [-0.2, 0) is 21.5 Å². The summed E-state index contributed by atoms with van der Waals surface area (Å²) in [6.45, 7) is 0.0822. The Balaban J connectivity index is 1.79. The molecule has 1 aromatic heterocycles. The zero-order chi connectivity index (χ0) is 28.4. The van der Waals surface area contributed by atoms with Gasteiger partial charge in [-0.2, -0.15) is 13.8 Å². The van der Waals surface area contributed by atoms with Crippen LogP contribution in [0.1, 0.15) is 31.8 Å². The first-order valence-corrected chi connectivity index (χ1v) is 14.4. The number of ether oxygens (including phenoxy) is 1. The Labute approximate surface area is 233 Å². The topological polar surface area (TPSA) is 118 Å². The maximum Gasteiger partial charge on any atom is 0.399 e. The molecule has 0 aliphatic rings. The zero-order valence-electron chi connectivity index (χ0n) is 20.1. The summed E-state index contributed by atoms with van der Waals surface area (Å²) in [6.07, 6.45) is 0. The Bertz CT molecular complexity index is 1650. The van der Waals surface area contributed by atoms with Gasteiger partial charge in [0.25, 0.3) is 5.91 Å². The van der Waals surface area contributed by atoms with Crippen molar-refractivity contribution in [2.24, 2.45) is 4.99 Å². The lowest BCUT2D eigenvalue weighted by atomic mass is 10.1. The van der Waals surface area contributed by atoms with E-state index in [1.807, 2.05) is 0 Å². The number of hydrogen-bond acceptors (Lipinski definition) is 5. The average molecular weight is 637 g/mol. The second-order valence-corrected chi connectivity index (χ2v) is 11.6. The van der Waals surface area contributed by atoms with Gasteiger partial charge in [0, 0.05) is 21.0 Å². The first kappa shape index (κ1) is 28.7. The molecule has 0 bridgehead atoms. The van der Waals surface area contributed by atoms with E-state index >= 15 is 0 Å². The molecule has 0 unspecified atom stereocenters. The highest BCUT2D eigenvalue weighted by atomic mass is 79.9. The van der Waals surface area contributed by atoms with E-state index in [2.05, 4.69) is 20.9 Å². The summed E-state index contributed by atoms with van der Waals surface area (Å²) in [5.41, 5.74) is -2.68. The summed E-state index contributed by atoms with van der Waals surface area (Å²) >= 11 is 4.20. The Morgan fingerprint density at radius 1 is 1.05 bits per heavy atom. The smallest absolute Gasteiger partial charge is 0.399 e. The molecule has 3 aromatic carbocycles. The number of rotatable bonds is 7. The number of esters is 1. The van der Waals surface area contributed by atoms with Gasteiger partial charge in [0.2, 0.25) is 0 Å². The number of thiazole rings is 1. The van der Waals surface area contributed by atoms with Gasteiger partial charge in [-0.15, -0.1) is 11.3 Å². The summed E-state index contributed by atoms with van der Waals surface area (Å²) in [5.74, 6) is -0.974. The van der Waals surface area contributed by atoms with Crippen molar-refractivity contribution in [2.75, 3.05) is 7.11 Å². The Kier molecular flexibility index (Phi) is 8.43. The second-order valence-electron chi connectivity index (χ2n) is 8.24.